The van der Waals surface area contributed by atoms with Gasteiger partial charge in [0, 0.05) is 16.5 Å². The number of anilines is 1. The van der Waals surface area contributed by atoms with Gasteiger partial charge in [0.25, 0.3) is 5.91 Å². The monoisotopic (exact) mass is 293 g/mol. The molecule has 2 N–H and O–H groups in total. The van der Waals surface area contributed by atoms with Crippen LogP contribution < -0.4 is 10.1 Å². The van der Waals surface area contributed by atoms with Gasteiger partial charge >= 0.3 is 0 Å². The van der Waals surface area contributed by atoms with Crippen molar-refractivity contribution in [3.05, 3.63) is 66.2 Å². The Kier molecular flexibility index (Phi) is 3.66. The lowest BCUT2D eigenvalue weighted by atomic mass is 10.1. The van der Waals surface area contributed by atoms with E-state index in [2.05, 4.69) is 5.32 Å². The highest BCUT2D eigenvalue weighted by Gasteiger charge is 2.13. The first-order valence-corrected chi connectivity index (χ1v) is 6.86. The molecular formula is C18H15NO3. The standard InChI is InChI=1S/C18H15NO3/c1-22-17-11-3-2-6-14(17)18(21)19-15-9-4-8-13-12(15)7-5-10-16(13)20/h2-11,20H,1H3,(H,19,21). The number of methoxy groups -OCH3 is 1. The van der Waals surface area contributed by atoms with Gasteiger partial charge in [0.1, 0.15) is 11.5 Å². The zero-order chi connectivity index (χ0) is 15.5. The number of rotatable bonds is 3. The summed E-state index contributed by atoms with van der Waals surface area (Å²) in [6, 6.07) is 17.7. The number of phenolic OH excluding ortho intramolecular Hbond substituents is 1. The Morgan fingerprint density at radius 1 is 0.955 bits per heavy atom. The van der Waals surface area contributed by atoms with E-state index in [0.717, 1.165) is 5.39 Å². The van der Waals surface area contributed by atoms with Crippen LogP contribution in [0.3, 0.4) is 0 Å². The first-order chi connectivity index (χ1) is 10.7. The van der Waals surface area contributed by atoms with Crippen LogP contribution >= 0.6 is 0 Å². The molecule has 3 aromatic rings. The number of hydrogen-bond donors (Lipinski definition) is 2. The minimum Gasteiger partial charge on any atom is -0.507 e. The molecule has 4 nitrogen and oxygen atoms in total. The van der Waals surface area contributed by atoms with Gasteiger partial charge in [0.15, 0.2) is 0 Å². The van der Waals surface area contributed by atoms with Crippen LogP contribution in [0.5, 0.6) is 11.5 Å². The van der Waals surface area contributed by atoms with E-state index in [1.807, 2.05) is 18.2 Å². The van der Waals surface area contributed by atoms with E-state index in [-0.39, 0.29) is 11.7 Å². The van der Waals surface area contributed by atoms with Gasteiger partial charge in [-0.25, -0.2) is 0 Å². The number of ether oxygens (including phenoxy) is 1. The maximum Gasteiger partial charge on any atom is 0.259 e. The SMILES string of the molecule is COc1ccccc1C(=O)Nc1cccc2c(O)cccc12. The van der Waals surface area contributed by atoms with Crippen LogP contribution in [0, 0.1) is 0 Å². The highest BCUT2D eigenvalue weighted by molar-refractivity contribution is 6.11. The number of nitrogens with one attached hydrogen (secondary N) is 1. The summed E-state index contributed by atoms with van der Waals surface area (Å²) in [7, 11) is 1.53. The Morgan fingerprint density at radius 3 is 2.50 bits per heavy atom. The van der Waals surface area contributed by atoms with E-state index < -0.39 is 0 Å². The van der Waals surface area contributed by atoms with Crippen LogP contribution in [0.25, 0.3) is 10.8 Å². The highest BCUT2D eigenvalue weighted by atomic mass is 16.5. The number of aromatic hydroxyl groups is 1. The molecule has 22 heavy (non-hydrogen) atoms. The highest BCUT2D eigenvalue weighted by Crippen LogP contribution is 2.30. The molecule has 110 valence electrons. The second kappa shape index (κ2) is 5.77. The molecule has 3 aromatic carbocycles. The second-order valence-electron chi connectivity index (χ2n) is 4.83. The molecular weight excluding hydrogens is 278 g/mol. The van der Waals surface area contributed by atoms with Crippen LogP contribution in [0.4, 0.5) is 5.69 Å². The van der Waals surface area contributed by atoms with Gasteiger partial charge in [0.05, 0.1) is 12.7 Å². The number of hydrogen-bond acceptors (Lipinski definition) is 3. The Balaban J connectivity index is 2.00. The topological polar surface area (TPSA) is 58.6 Å². The minimum atomic E-state index is -0.256. The summed E-state index contributed by atoms with van der Waals surface area (Å²) < 4.78 is 5.21. The summed E-state index contributed by atoms with van der Waals surface area (Å²) in [6.07, 6.45) is 0. The van der Waals surface area contributed by atoms with E-state index in [4.69, 9.17) is 4.74 Å². The summed E-state index contributed by atoms with van der Waals surface area (Å²) >= 11 is 0. The molecule has 0 aliphatic heterocycles. The van der Waals surface area contributed by atoms with Crippen molar-refractivity contribution in [1.82, 2.24) is 0 Å². The summed E-state index contributed by atoms with van der Waals surface area (Å²) in [5.41, 5.74) is 1.10. The van der Waals surface area contributed by atoms with E-state index >= 15 is 0 Å². The van der Waals surface area contributed by atoms with Gasteiger partial charge in [-0.3, -0.25) is 4.79 Å². The predicted octanol–water partition coefficient (Wildman–Crippen LogP) is 3.81. The van der Waals surface area contributed by atoms with E-state index in [9.17, 15) is 9.90 Å². The third kappa shape index (κ3) is 2.46. The van der Waals surface area contributed by atoms with Gasteiger partial charge in [-0.1, -0.05) is 36.4 Å². The molecule has 0 spiro atoms. The Labute approximate surface area is 128 Å². The van der Waals surface area contributed by atoms with Crippen molar-refractivity contribution in [1.29, 1.82) is 0 Å². The number of phenols is 1. The van der Waals surface area contributed by atoms with E-state index in [1.165, 1.54) is 7.11 Å². The molecule has 0 unspecified atom stereocenters. The summed E-state index contributed by atoms with van der Waals surface area (Å²) in [6.45, 7) is 0. The fourth-order valence-corrected chi connectivity index (χ4v) is 2.42. The van der Waals surface area contributed by atoms with Crippen molar-refractivity contribution in [2.75, 3.05) is 12.4 Å². The Morgan fingerprint density at radius 2 is 1.68 bits per heavy atom. The number of para-hydroxylation sites is 1. The molecule has 0 fully saturated rings. The molecule has 0 saturated heterocycles. The quantitative estimate of drug-likeness (QED) is 0.772. The maximum atomic E-state index is 12.5. The van der Waals surface area contributed by atoms with Gasteiger partial charge in [-0.2, -0.15) is 0 Å². The minimum absolute atomic E-state index is 0.186. The molecule has 0 aliphatic carbocycles. The zero-order valence-electron chi connectivity index (χ0n) is 12.0. The summed E-state index contributed by atoms with van der Waals surface area (Å²) in [5, 5.41) is 14.2. The number of amides is 1. The van der Waals surface area contributed by atoms with Crippen molar-refractivity contribution >= 4 is 22.4 Å². The first kappa shape index (κ1) is 13.9. The van der Waals surface area contributed by atoms with Gasteiger partial charge < -0.3 is 15.2 Å². The number of benzene rings is 3. The molecule has 0 saturated carbocycles. The second-order valence-corrected chi connectivity index (χ2v) is 4.83. The third-order valence-corrected chi connectivity index (χ3v) is 3.50. The lowest BCUT2D eigenvalue weighted by Crippen LogP contribution is -2.13. The van der Waals surface area contributed by atoms with E-state index in [1.54, 1.807) is 42.5 Å². The number of carbonyl (C=O) groups excluding carboxylic acids is 1. The van der Waals surface area contributed by atoms with Crippen molar-refractivity contribution in [2.45, 2.75) is 0 Å². The van der Waals surface area contributed by atoms with Crippen molar-refractivity contribution in [3.63, 3.8) is 0 Å². The third-order valence-electron chi connectivity index (χ3n) is 3.50. The zero-order valence-corrected chi connectivity index (χ0v) is 12.0. The van der Waals surface area contributed by atoms with Gasteiger partial charge in [-0.15, -0.1) is 0 Å². The van der Waals surface area contributed by atoms with Crippen molar-refractivity contribution in [2.24, 2.45) is 0 Å². The van der Waals surface area contributed by atoms with Crippen molar-refractivity contribution in [3.8, 4) is 11.5 Å². The maximum absolute atomic E-state index is 12.5. The molecule has 0 radical (unpaired) electrons. The molecule has 0 aromatic heterocycles. The predicted molar refractivity (Wildman–Crippen MR) is 86.6 cm³/mol. The summed E-state index contributed by atoms with van der Waals surface area (Å²) in [5.74, 6) is 0.447. The van der Waals surface area contributed by atoms with Crippen molar-refractivity contribution < 1.29 is 14.6 Å². The lowest BCUT2D eigenvalue weighted by molar-refractivity contribution is 0.102. The number of carbonyl (C=O) groups is 1. The average Bonchev–Trinajstić information content (AvgIpc) is 2.55. The van der Waals surface area contributed by atoms with Crippen LogP contribution in [0.1, 0.15) is 10.4 Å². The van der Waals surface area contributed by atoms with Gasteiger partial charge in [-0.05, 0) is 24.3 Å². The summed E-state index contributed by atoms with van der Waals surface area (Å²) in [4.78, 5) is 12.5. The fraction of sp³-hybridized carbons (Fsp3) is 0.0556. The number of fused-ring (bicyclic) bond motifs is 1. The van der Waals surface area contributed by atoms with Crippen LogP contribution in [-0.2, 0) is 0 Å². The largest absolute Gasteiger partial charge is 0.507 e. The van der Waals surface area contributed by atoms with E-state index in [0.29, 0.717) is 22.4 Å². The molecule has 0 heterocycles. The average molecular weight is 293 g/mol. The Hall–Kier alpha value is -3.01. The van der Waals surface area contributed by atoms with Crippen LogP contribution in [-0.4, -0.2) is 18.1 Å². The molecule has 0 bridgehead atoms. The molecule has 1 amide bonds. The lowest BCUT2D eigenvalue weighted by Gasteiger charge is -2.11. The molecule has 3 rings (SSSR count). The van der Waals surface area contributed by atoms with Crippen LogP contribution in [0.15, 0.2) is 60.7 Å². The van der Waals surface area contributed by atoms with Gasteiger partial charge in [0.2, 0.25) is 0 Å². The molecule has 0 atom stereocenters. The first-order valence-electron chi connectivity index (χ1n) is 6.86. The van der Waals surface area contributed by atoms with Crippen LogP contribution in [0.2, 0.25) is 0 Å². The normalized spacial score (nSPS) is 10.4. The molecule has 0 aliphatic rings. The Bertz CT molecular complexity index is 843. The fourth-order valence-electron chi connectivity index (χ4n) is 2.42. The smallest absolute Gasteiger partial charge is 0.259 e. The molecule has 4 heteroatoms.